The number of anilines is 2. The van der Waals surface area contributed by atoms with E-state index in [1.807, 2.05) is 18.2 Å². The fourth-order valence-electron chi connectivity index (χ4n) is 2.95. The zero-order valence-electron chi connectivity index (χ0n) is 14.0. The van der Waals surface area contributed by atoms with Gasteiger partial charge in [0.15, 0.2) is 0 Å². The predicted molar refractivity (Wildman–Crippen MR) is 110 cm³/mol. The van der Waals surface area contributed by atoms with E-state index in [1.54, 1.807) is 23.7 Å². The van der Waals surface area contributed by atoms with Gasteiger partial charge in [-0.3, -0.25) is 0 Å². The van der Waals surface area contributed by atoms with Gasteiger partial charge < -0.3 is 5.32 Å². The van der Waals surface area contributed by atoms with Crippen LogP contribution in [0.5, 0.6) is 0 Å². The lowest BCUT2D eigenvalue weighted by atomic mass is 10.0. The van der Waals surface area contributed by atoms with Crippen molar-refractivity contribution in [2.45, 2.75) is 13.3 Å². The number of aromatic nitrogens is 2. The molecule has 26 heavy (non-hydrogen) atoms. The first-order chi connectivity index (χ1) is 12.7. The van der Waals surface area contributed by atoms with Crippen LogP contribution >= 0.6 is 27.3 Å². The fourth-order valence-corrected chi connectivity index (χ4v) is 4.31. The maximum Gasteiger partial charge on any atom is 0.143 e. The Labute approximate surface area is 163 Å². The topological polar surface area (TPSA) is 37.8 Å². The van der Waals surface area contributed by atoms with Crippen LogP contribution in [0, 0.1) is 5.82 Å². The molecule has 1 N–H and O–H groups in total. The smallest absolute Gasteiger partial charge is 0.143 e. The summed E-state index contributed by atoms with van der Waals surface area (Å²) in [6.07, 6.45) is 2.46. The Bertz CT molecular complexity index is 1080. The molecule has 2 heterocycles. The fraction of sp³-hybridized carbons (Fsp3) is 0.100. The minimum absolute atomic E-state index is 0.284. The van der Waals surface area contributed by atoms with Crippen LogP contribution in [-0.2, 0) is 6.42 Å². The molecule has 4 aromatic rings. The van der Waals surface area contributed by atoms with Crippen molar-refractivity contribution >= 4 is 49.0 Å². The van der Waals surface area contributed by atoms with Gasteiger partial charge >= 0.3 is 0 Å². The molecule has 0 fully saturated rings. The number of thiophene rings is 1. The largest absolute Gasteiger partial charge is 0.339 e. The number of benzene rings is 2. The van der Waals surface area contributed by atoms with Gasteiger partial charge in [0.1, 0.15) is 22.8 Å². The minimum Gasteiger partial charge on any atom is -0.339 e. The van der Waals surface area contributed by atoms with Crippen molar-refractivity contribution in [1.29, 1.82) is 0 Å². The molecule has 130 valence electrons. The van der Waals surface area contributed by atoms with E-state index in [-0.39, 0.29) is 5.82 Å². The van der Waals surface area contributed by atoms with E-state index < -0.39 is 0 Å². The Balaban J connectivity index is 1.91. The summed E-state index contributed by atoms with van der Waals surface area (Å²) >= 11 is 5.16. The summed E-state index contributed by atoms with van der Waals surface area (Å²) < 4.78 is 14.6. The normalized spacial score (nSPS) is 11.0. The Hall–Kier alpha value is -2.31. The second-order valence-corrected chi connectivity index (χ2v) is 7.80. The van der Waals surface area contributed by atoms with Crippen molar-refractivity contribution in [3.05, 3.63) is 70.0 Å². The molecule has 0 bridgehead atoms. The van der Waals surface area contributed by atoms with Crippen molar-refractivity contribution in [1.82, 2.24) is 9.97 Å². The molecule has 0 aliphatic rings. The van der Waals surface area contributed by atoms with Crippen LogP contribution in [0.1, 0.15) is 11.8 Å². The standard InChI is InChI=1S/C20H15BrFN3S/c1-2-16-17(12-6-8-13(21)9-7-12)18-19(23-11-24-20(18)26-16)25-15-5-3-4-14(22)10-15/h3-11H,2H2,1H3,(H,23,24,25). The average molecular weight is 428 g/mol. The van der Waals surface area contributed by atoms with Gasteiger partial charge in [-0.2, -0.15) is 0 Å². The van der Waals surface area contributed by atoms with Crippen LogP contribution in [0.2, 0.25) is 0 Å². The Morgan fingerprint density at radius 1 is 1.12 bits per heavy atom. The highest BCUT2D eigenvalue weighted by Gasteiger charge is 2.18. The molecule has 0 aliphatic heterocycles. The first-order valence-corrected chi connectivity index (χ1v) is 9.81. The highest BCUT2D eigenvalue weighted by atomic mass is 79.9. The summed E-state index contributed by atoms with van der Waals surface area (Å²) in [5, 5.41) is 4.23. The number of fused-ring (bicyclic) bond motifs is 1. The van der Waals surface area contributed by atoms with E-state index in [2.05, 4.69) is 50.3 Å². The van der Waals surface area contributed by atoms with Crippen LogP contribution in [0.15, 0.2) is 59.3 Å². The highest BCUT2D eigenvalue weighted by Crippen LogP contribution is 2.41. The van der Waals surface area contributed by atoms with Crippen molar-refractivity contribution in [3.8, 4) is 11.1 Å². The number of aryl methyl sites for hydroxylation is 1. The molecule has 6 heteroatoms. The minimum atomic E-state index is -0.284. The number of nitrogens with one attached hydrogen (secondary N) is 1. The third-order valence-corrected chi connectivity index (χ3v) is 5.87. The van der Waals surface area contributed by atoms with Crippen molar-refractivity contribution < 1.29 is 4.39 Å². The maximum absolute atomic E-state index is 13.5. The molecule has 0 unspecified atom stereocenters. The van der Waals surface area contributed by atoms with E-state index in [1.165, 1.54) is 17.0 Å². The van der Waals surface area contributed by atoms with Gasteiger partial charge in [0, 0.05) is 20.6 Å². The summed E-state index contributed by atoms with van der Waals surface area (Å²) in [4.78, 5) is 11.1. The second-order valence-electron chi connectivity index (χ2n) is 5.80. The molecule has 0 saturated carbocycles. The van der Waals surface area contributed by atoms with Crippen molar-refractivity contribution in [3.63, 3.8) is 0 Å². The molecular weight excluding hydrogens is 413 g/mol. The molecule has 0 radical (unpaired) electrons. The Morgan fingerprint density at radius 3 is 2.65 bits per heavy atom. The molecule has 2 aromatic heterocycles. The number of halogens is 2. The second kappa shape index (κ2) is 7.13. The number of rotatable bonds is 4. The van der Waals surface area contributed by atoms with Gasteiger partial charge in [-0.25, -0.2) is 14.4 Å². The summed E-state index contributed by atoms with van der Waals surface area (Å²) in [6, 6.07) is 14.6. The van der Waals surface area contributed by atoms with Crippen LogP contribution in [0.25, 0.3) is 21.3 Å². The van der Waals surface area contributed by atoms with Crippen LogP contribution in [0.3, 0.4) is 0 Å². The molecule has 0 atom stereocenters. The highest BCUT2D eigenvalue weighted by molar-refractivity contribution is 9.10. The lowest BCUT2D eigenvalue weighted by Crippen LogP contribution is -1.96. The van der Waals surface area contributed by atoms with Gasteiger partial charge in [0.05, 0.1) is 5.39 Å². The predicted octanol–water partition coefficient (Wildman–Crippen LogP) is 6.57. The van der Waals surface area contributed by atoms with Gasteiger partial charge in [-0.05, 0) is 42.3 Å². The molecule has 4 rings (SSSR count). The number of hydrogen-bond acceptors (Lipinski definition) is 4. The molecule has 0 saturated heterocycles. The van der Waals surface area contributed by atoms with Gasteiger partial charge in [0.2, 0.25) is 0 Å². The van der Waals surface area contributed by atoms with Gasteiger partial charge in [0.25, 0.3) is 0 Å². The SMILES string of the molecule is CCc1sc2ncnc(Nc3cccc(F)c3)c2c1-c1ccc(Br)cc1. The summed E-state index contributed by atoms with van der Waals surface area (Å²) in [5.74, 6) is 0.405. The maximum atomic E-state index is 13.5. The van der Waals surface area contributed by atoms with Gasteiger partial charge in [-0.1, -0.05) is 41.1 Å². The van der Waals surface area contributed by atoms with E-state index in [0.29, 0.717) is 11.5 Å². The Kier molecular flexibility index (Phi) is 4.70. The Morgan fingerprint density at radius 2 is 1.92 bits per heavy atom. The molecule has 2 aromatic carbocycles. The average Bonchev–Trinajstić information content (AvgIpc) is 3.02. The number of nitrogens with zero attached hydrogens (tertiary/aromatic N) is 2. The lowest BCUT2D eigenvalue weighted by molar-refractivity contribution is 0.628. The van der Waals surface area contributed by atoms with Crippen LogP contribution in [-0.4, -0.2) is 9.97 Å². The monoisotopic (exact) mass is 427 g/mol. The van der Waals surface area contributed by atoms with Crippen molar-refractivity contribution in [2.24, 2.45) is 0 Å². The quantitative estimate of drug-likeness (QED) is 0.400. The zero-order chi connectivity index (χ0) is 18.1. The first-order valence-electron chi connectivity index (χ1n) is 8.20. The summed E-state index contributed by atoms with van der Waals surface area (Å²) in [6.45, 7) is 2.14. The molecule has 0 spiro atoms. The summed E-state index contributed by atoms with van der Waals surface area (Å²) in [7, 11) is 0. The molecule has 3 nitrogen and oxygen atoms in total. The van der Waals surface area contributed by atoms with Crippen LogP contribution < -0.4 is 5.32 Å². The third-order valence-electron chi connectivity index (χ3n) is 4.10. The van der Waals surface area contributed by atoms with Crippen LogP contribution in [0.4, 0.5) is 15.9 Å². The van der Waals surface area contributed by atoms with E-state index in [4.69, 9.17) is 0 Å². The van der Waals surface area contributed by atoms with Gasteiger partial charge in [-0.15, -0.1) is 11.3 Å². The van der Waals surface area contributed by atoms with E-state index in [9.17, 15) is 4.39 Å². The molecular formula is C20H15BrFN3S. The van der Waals surface area contributed by atoms with E-state index >= 15 is 0 Å². The zero-order valence-corrected chi connectivity index (χ0v) is 16.4. The summed E-state index contributed by atoms with van der Waals surface area (Å²) in [5.41, 5.74) is 2.92. The molecule has 0 aliphatic carbocycles. The van der Waals surface area contributed by atoms with Crippen molar-refractivity contribution in [2.75, 3.05) is 5.32 Å². The first kappa shape index (κ1) is 17.1. The van der Waals surface area contributed by atoms with E-state index in [0.717, 1.165) is 32.2 Å². The third kappa shape index (κ3) is 3.22. The lowest BCUT2D eigenvalue weighted by Gasteiger charge is -2.09. The molecule has 0 amide bonds. The number of hydrogen-bond donors (Lipinski definition) is 1.